The standard InChI is InChI=1S/C36H58FNO3S/c1-34(2)35(27-39)22-18-28(30(26-35)33(41-34)29-16-17-32(40)31(37)25-29)15-14-24-42-23-13-9-8-12-21-36(38)19-10-6-4-3-5-7-11-20-36/h16-18,25,30,33,39-40H,3-15,19-24,26-27,38H2,1-2H3. The number of fused-ring (bicyclic) bond motifs is 2. The van der Waals surface area contributed by atoms with Gasteiger partial charge in [-0.2, -0.15) is 11.8 Å². The Hall–Kier alpha value is -1.08. The molecule has 6 heteroatoms. The summed E-state index contributed by atoms with van der Waals surface area (Å²) in [5.41, 5.74) is 8.24. The highest BCUT2D eigenvalue weighted by Crippen LogP contribution is 2.58. The first-order chi connectivity index (χ1) is 20.2. The fraction of sp³-hybridized carbons (Fsp3) is 0.778. The zero-order chi connectivity index (χ0) is 30.1. The maximum Gasteiger partial charge on any atom is 0.165 e. The molecule has 1 saturated carbocycles. The Balaban J connectivity index is 1.18. The summed E-state index contributed by atoms with van der Waals surface area (Å²) in [4.78, 5) is 0. The first-order valence-corrected chi connectivity index (χ1v) is 18.2. The van der Waals surface area contributed by atoms with Gasteiger partial charge in [-0.15, -0.1) is 0 Å². The molecule has 1 aromatic carbocycles. The van der Waals surface area contributed by atoms with Crippen LogP contribution in [0.5, 0.6) is 5.75 Å². The average molecular weight is 604 g/mol. The quantitative estimate of drug-likeness (QED) is 0.155. The lowest BCUT2D eigenvalue weighted by Crippen LogP contribution is -2.56. The van der Waals surface area contributed by atoms with Crippen molar-refractivity contribution in [2.24, 2.45) is 17.1 Å². The number of phenolic OH excluding ortho intramolecular Hbond substituents is 1. The number of hydrogen-bond acceptors (Lipinski definition) is 5. The maximum atomic E-state index is 14.3. The molecule has 4 N–H and O–H groups in total. The summed E-state index contributed by atoms with van der Waals surface area (Å²) in [5, 5.41) is 20.1. The highest BCUT2D eigenvalue weighted by molar-refractivity contribution is 7.99. The van der Waals surface area contributed by atoms with Gasteiger partial charge < -0.3 is 20.7 Å². The van der Waals surface area contributed by atoms with Crippen molar-refractivity contribution < 1.29 is 19.3 Å². The molecule has 0 aromatic heterocycles. The Morgan fingerprint density at radius 3 is 2.31 bits per heavy atom. The third-order valence-corrected chi connectivity index (χ3v) is 12.0. The molecular weight excluding hydrogens is 545 g/mol. The van der Waals surface area contributed by atoms with Gasteiger partial charge in [0.25, 0.3) is 0 Å². The number of aliphatic hydroxyl groups excluding tert-OH is 1. The van der Waals surface area contributed by atoms with Crippen LogP contribution >= 0.6 is 11.8 Å². The van der Waals surface area contributed by atoms with Gasteiger partial charge in [0.1, 0.15) is 0 Å². The number of rotatable bonds is 13. The zero-order valence-electron chi connectivity index (χ0n) is 26.5. The van der Waals surface area contributed by atoms with Crippen molar-refractivity contribution in [1.82, 2.24) is 0 Å². The first kappa shape index (κ1) is 33.8. The monoisotopic (exact) mass is 603 g/mol. The van der Waals surface area contributed by atoms with E-state index in [4.69, 9.17) is 10.5 Å². The number of allylic oxidation sites excluding steroid dienone is 1. The second-order valence-corrected chi connectivity index (χ2v) is 15.4. The number of halogens is 1. The molecule has 238 valence electrons. The van der Waals surface area contributed by atoms with Gasteiger partial charge in [0.05, 0.1) is 18.3 Å². The van der Waals surface area contributed by atoms with Gasteiger partial charge in [-0.05, 0) is 94.4 Å². The molecule has 2 aliphatic carbocycles. The van der Waals surface area contributed by atoms with Crippen LogP contribution in [0.25, 0.3) is 0 Å². The van der Waals surface area contributed by atoms with E-state index in [2.05, 4.69) is 17.8 Å². The van der Waals surface area contributed by atoms with Gasteiger partial charge >= 0.3 is 0 Å². The van der Waals surface area contributed by atoms with Crippen molar-refractivity contribution in [2.45, 2.75) is 147 Å². The molecule has 3 unspecified atom stereocenters. The van der Waals surface area contributed by atoms with Gasteiger partial charge in [0.2, 0.25) is 0 Å². The second-order valence-electron chi connectivity index (χ2n) is 14.2. The van der Waals surface area contributed by atoms with Gasteiger partial charge in [-0.1, -0.05) is 81.9 Å². The zero-order valence-corrected chi connectivity index (χ0v) is 27.3. The van der Waals surface area contributed by atoms with Crippen LogP contribution in [0.3, 0.4) is 0 Å². The average Bonchev–Trinajstić information content (AvgIpc) is 2.97. The van der Waals surface area contributed by atoms with Gasteiger partial charge in [0, 0.05) is 16.9 Å². The molecule has 1 aliphatic heterocycles. The van der Waals surface area contributed by atoms with E-state index in [1.807, 2.05) is 13.8 Å². The Labute approximate surface area is 259 Å². The fourth-order valence-corrected chi connectivity index (χ4v) is 8.73. The van der Waals surface area contributed by atoms with E-state index in [1.165, 1.54) is 113 Å². The summed E-state index contributed by atoms with van der Waals surface area (Å²) >= 11 is 2.06. The van der Waals surface area contributed by atoms with Crippen molar-refractivity contribution >= 4 is 11.8 Å². The van der Waals surface area contributed by atoms with Crippen molar-refractivity contribution in [3.05, 3.63) is 41.2 Å². The molecule has 2 bridgehead atoms. The van der Waals surface area contributed by atoms with Gasteiger partial charge in [-0.3, -0.25) is 0 Å². The molecule has 4 nitrogen and oxygen atoms in total. The van der Waals surface area contributed by atoms with Crippen molar-refractivity contribution in [3.63, 3.8) is 0 Å². The summed E-state index contributed by atoms with van der Waals surface area (Å²) in [7, 11) is 0. The Morgan fingerprint density at radius 2 is 1.62 bits per heavy atom. The predicted octanol–water partition coefficient (Wildman–Crippen LogP) is 9.38. The third kappa shape index (κ3) is 8.76. The molecule has 1 aromatic rings. The first-order valence-electron chi connectivity index (χ1n) is 17.0. The van der Waals surface area contributed by atoms with Crippen LogP contribution in [0.15, 0.2) is 29.8 Å². The SMILES string of the molecule is CC1(C)OC(c2ccc(O)c(F)c2)C2CC1(CO)CC=C2CCCSCCCCCCC1(N)CCCCCCCCC1. The highest BCUT2D eigenvalue weighted by Gasteiger charge is 2.55. The molecule has 1 heterocycles. The summed E-state index contributed by atoms with van der Waals surface area (Å²) in [5.74, 6) is 1.53. The van der Waals surface area contributed by atoms with Gasteiger partial charge in [-0.25, -0.2) is 4.39 Å². The lowest BCUT2D eigenvalue weighted by molar-refractivity contribution is -0.223. The number of phenols is 1. The number of hydrogen-bond donors (Lipinski definition) is 3. The summed E-state index contributed by atoms with van der Waals surface area (Å²) in [6.07, 6.45) is 24.2. The highest BCUT2D eigenvalue weighted by atomic mass is 32.2. The summed E-state index contributed by atoms with van der Waals surface area (Å²) in [6.45, 7) is 4.18. The van der Waals surface area contributed by atoms with E-state index in [1.54, 1.807) is 6.07 Å². The number of nitrogens with two attached hydrogens (primary N) is 1. The van der Waals surface area contributed by atoms with Crippen LogP contribution in [0.2, 0.25) is 0 Å². The molecule has 2 fully saturated rings. The molecule has 3 aliphatic rings. The maximum absolute atomic E-state index is 14.3. The normalized spacial score (nSPS) is 27.8. The Bertz CT molecular complexity index is 1000. The number of unbranched alkanes of at least 4 members (excludes halogenated alkanes) is 3. The predicted molar refractivity (Wildman–Crippen MR) is 174 cm³/mol. The molecule has 1 saturated heterocycles. The van der Waals surface area contributed by atoms with Crippen LogP contribution < -0.4 is 5.73 Å². The van der Waals surface area contributed by atoms with E-state index in [-0.39, 0.29) is 35.3 Å². The van der Waals surface area contributed by atoms with Crippen molar-refractivity contribution in [1.29, 1.82) is 0 Å². The lowest BCUT2D eigenvalue weighted by atomic mass is 9.58. The molecular formula is C36H58FNO3S. The minimum atomic E-state index is -0.612. The van der Waals surface area contributed by atoms with Gasteiger partial charge in [0.15, 0.2) is 11.6 Å². The molecule has 4 rings (SSSR count). The number of aliphatic hydroxyl groups is 1. The van der Waals surface area contributed by atoms with Crippen LogP contribution in [0.1, 0.15) is 141 Å². The van der Waals surface area contributed by atoms with E-state index in [0.29, 0.717) is 0 Å². The number of aromatic hydroxyl groups is 1. The minimum absolute atomic E-state index is 0.0824. The Morgan fingerprint density at radius 1 is 0.952 bits per heavy atom. The van der Waals surface area contributed by atoms with E-state index in [9.17, 15) is 14.6 Å². The second kappa shape index (κ2) is 15.8. The van der Waals surface area contributed by atoms with E-state index in [0.717, 1.165) is 37.0 Å². The topological polar surface area (TPSA) is 75.7 Å². The number of thioether (sulfide) groups is 1. The third-order valence-electron chi connectivity index (χ3n) is 10.8. The molecule has 0 spiro atoms. The molecule has 3 atom stereocenters. The molecule has 42 heavy (non-hydrogen) atoms. The number of ether oxygens (including phenoxy) is 1. The van der Waals surface area contributed by atoms with Crippen LogP contribution in [-0.2, 0) is 4.74 Å². The van der Waals surface area contributed by atoms with Crippen LogP contribution in [0, 0.1) is 17.2 Å². The Kier molecular flexibility index (Phi) is 12.7. The van der Waals surface area contributed by atoms with E-state index >= 15 is 0 Å². The summed E-state index contributed by atoms with van der Waals surface area (Å²) in [6, 6.07) is 4.62. The lowest BCUT2D eigenvalue weighted by Gasteiger charge is -2.57. The van der Waals surface area contributed by atoms with E-state index < -0.39 is 11.4 Å². The van der Waals surface area contributed by atoms with Crippen LogP contribution in [0.4, 0.5) is 4.39 Å². The summed E-state index contributed by atoms with van der Waals surface area (Å²) < 4.78 is 20.9. The number of benzene rings is 1. The molecule has 0 amide bonds. The smallest absolute Gasteiger partial charge is 0.165 e. The van der Waals surface area contributed by atoms with Crippen molar-refractivity contribution in [2.75, 3.05) is 18.1 Å². The fourth-order valence-electron chi connectivity index (χ4n) is 7.77. The molecule has 0 radical (unpaired) electrons. The van der Waals surface area contributed by atoms with Crippen LogP contribution in [-0.4, -0.2) is 39.5 Å². The van der Waals surface area contributed by atoms with Crippen molar-refractivity contribution in [3.8, 4) is 5.75 Å². The largest absolute Gasteiger partial charge is 0.505 e. The minimum Gasteiger partial charge on any atom is -0.505 e.